The van der Waals surface area contributed by atoms with Gasteiger partial charge in [-0.3, -0.25) is 9.79 Å². The molecule has 1 fully saturated rings. The highest BCUT2D eigenvalue weighted by atomic mass is 127. The van der Waals surface area contributed by atoms with Crippen LogP contribution in [0.5, 0.6) is 0 Å². The third-order valence-corrected chi connectivity index (χ3v) is 5.53. The van der Waals surface area contributed by atoms with Gasteiger partial charge in [0.2, 0.25) is 5.56 Å². The smallest absolute Gasteiger partial charge is 0.250 e. The number of hydrogen-bond donors (Lipinski definition) is 2. The highest BCUT2D eigenvalue weighted by Crippen LogP contribution is 2.43. The Morgan fingerprint density at radius 2 is 1.82 bits per heavy atom. The Morgan fingerprint density at radius 3 is 2.46 bits per heavy atom. The number of pyridine rings is 1. The number of unbranched alkanes of at least 4 members (excludes halogenated alkanes) is 1. The minimum absolute atomic E-state index is 0. The molecule has 1 aliphatic rings. The molecule has 0 amide bonds. The lowest BCUT2D eigenvalue weighted by molar-refractivity contribution is 0.244. The maximum absolute atomic E-state index is 11.7. The van der Waals surface area contributed by atoms with Crippen LogP contribution < -0.4 is 16.2 Å². The Kier molecular flexibility index (Phi) is 9.02. The first-order chi connectivity index (χ1) is 13.2. The molecular weight excluding hydrogens is 463 g/mol. The summed E-state index contributed by atoms with van der Waals surface area (Å²) in [6.07, 6.45) is 7.55. The summed E-state index contributed by atoms with van der Waals surface area (Å²) >= 11 is 0. The zero-order valence-electron chi connectivity index (χ0n) is 16.6. The first-order valence-corrected chi connectivity index (χ1v) is 9.89. The van der Waals surface area contributed by atoms with Crippen molar-refractivity contribution < 1.29 is 0 Å². The van der Waals surface area contributed by atoms with Gasteiger partial charge >= 0.3 is 0 Å². The molecular formula is C22H31IN4O. The standard InChI is InChI=1S/C22H30N4O.HI/c1-23-21(24-15-6-8-17-26-16-7-5-12-20(26)27)25-18-22(13-9-14-22)19-10-3-2-4-11-19;/h2-5,7,10-12,16H,6,8-9,13-15,17-18H2,1H3,(H2,23,24,25);1H. The third-order valence-electron chi connectivity index (χ3n) is 5.53. The highest BCUT2D eigenvalue weighted by Gasteiger charge is 2.38. The molecule has 1 heterocycles. The molecule has 152 valence electrons. The highest BCUT2D eigenvalue weighted by molar-refractivity contribution is 14.0. The van der Waals surface area contributed by atoms with E-state index in [4.69, 9.17) is 0 Å². The van der Waals surface area contributed by atoms with Gasteiger partial charge < -0.3 is 15.2 Å². The van der Waals surface area contributed by atoms with Gasteiger partial charge in [0.1, 0.15) is 0 Å². The summed E-state index contributed by atoms with van der Waals surface area (Å²) < 4.78 is 1.76. The van der Waals surface area contributed by atoms with Gasteiger partial charge in [0.05, 0.1) is 0 Å². The van der Waals surface area contributed by atoms with Gasteiger partial charge in [0.25, 0.3) is 0 Å². The molecule has 2 N–H and O–H groups in total. The zero-order chi connectivity index (χ0) is 19.0. The number of aromatic nitrogens is 1. The number of nitrogens with one attached hydrogen (secondary N) is 2. The lowest BCUT2D eigenvalue weighted by atomic mass is 9.64. The summed E-state index contributed by atoms with van der Waals surface area (Å²) in [6, 6.07) is 16.1. The molecule has 1 saturated carbocycles. The van der Waals surface area contributed by atoms with Crippen LogP contribution in [-0.4, -0.2) is 30.7 Å². The monoisotopic (exact) mass is 494 g/mol. The number of benzene rings is 1. The Balaban J connectivity index is 0.00000280. The van der Waals surface area contributed by atoms with Crippen molar-refractivity contribution in [3.63, 3.8) is 0 Å². The predicted molar refractivity (Wildman–Crippen MR) is 127 cm³/mol. The van der Waals surface area contributed by atoms with Crippen molar-refractivity contribution in [1.29, 1.82) is 0 Å². The fourth-order valence-corrected chi connectivity index (χ4v) is 3.70. The summed E-state index contributed by atoms with van der Waals surface area (Å²) in [5.74, 6) is 0.856. The number of hydrogen-bond acceptors (Lipinski definition) is 2. The van der Waals surface area contributed by atoms with E-state index in [2.05, 4.69) is 46.0 Å². The Morgan fingerprint density at radius 1 is 1.07 bits per heavy atom. The maximum atomic E-state index is 11.7. The van der Waals surface area contributed by atoms with E-state index in [9.17, 15) is 4.79 Å². The SMILES string of the molecule is CN=C(NCCCCn1ccccc1=O)NCC1(c2ccccc2)CCC1.I. The molecule has 0 radical (unpaired) electrons. The van der Waals surface area contributed by atoms with E-state index in [1.54, 1.807) is 16.7 Å². The van der Waals surface area contributed by atoms with Crippen LogP contribution in [0, 0.1) is 0 Å². The summed E-state index contributed by atoms with van der Waals surface area (Å²) in [4.78, 5) is 16.0. The molecule has 1 aromatic heterocycles. The first kappa shape index (κ1) is 22.5. The minimum atomic E-state index is 0. The molecule has 0 atom stereocenters. The van der Waals surface area contributed by atoms with Gasteiger partial charge in [0, 0.05) is 44.4 Å². The van der Waals surface area contributed by atoms with E-state index in [1.165, 1.54) is 24.8 Å². The van der Waals surface area contributed by atoms with Crippen molar-refractivity contribution in [2.45, 2.75) is 44.1 Å². The Bertz CT molecular complexity index is 799. The average molecular weight is 494 g/mol. The van der Waals surface area contributed by atoms with Crippen molar-refractivity contribution in [2.75, 3.05) is 20.1 Å². The van der Waals surface area contributed by atoms with Crippen molar-refractivity contribution >= 4 is 29.9 Å². The predicted octanol–water partition coefficient (Wildman–Crippen LogP) is 3.53. The fourth-order valence-electron chi connectivity index (χ4n) is 3.70. The first-order valence-electron chi connectivity index (χ1n) is 9.89. The topological polar surface area (TPSA) is 58.4 Å². The summed E-state index contributed by atoms with van der Waals surface area (Å²) in [5, 5.41) is 6.91. The van der Waals surface area contributed by atoms with Crippen LogP contribution in [0.4, 0.5) is 0 Å². The lowest BCUT2D eigenvalue weighted by Gasteiger charge is -2.43. The van der Waals surface area contributed by atoms with Crippen LogP contribution in [0.25, 0.3) is 0 Å². The molecule has 2 aromatic rings. The fraction of sp³-hybridized carbons (Fsp3) is 0.455. The molecule has 5 nitrogen and oxygen atoms in total. The zero-order valence-corrected chi connectivity index (χ0v) is 18.9. The molecule has 0 bridgehead atoms. The van der Waals surface area contributed by atoms with E-state index >= 15 is 0 Å². The van der Waals surface area contributed by atoms with Crippen LogP contribution in [0.2, 0.25) is 0 Å². The van der Waals surface area contributed by atoms with Crippen molar-refractivity contribution in [1.82, 2.24) is 15.2 Å². The number of nitrogens with zero attached hydrogens (tertiary/aromatic N) is 2. The van der Waals surface area contributed by atoms with E-state index in [0.29, 0.717) is 0 Å². The molecule has 6 heteroatoms. The number of guanidine groups is 1. The van der Waals surface area contributed by atoms with Crippen molar-refractivity contribution in [2.24, 2.45) is 4.99 Å². The summed E-state index contributed by atoms with van der Waals surface area (Å²) in [6.45, 7) is 2.51. The number of halogens is 1. The van der Waals surface area contributed by atoms with E-state index in [0.717, 1.165) is 38.4 Å². The third kappa shape index (κ3) is 5.83. The quantitative estimate of drug-likeness (QED) is 0.256. The van der Waals surface area contributed by atoms with Crippen LogP contribution >= 0.6 is 24.0 Å². The van der Waals surface area contributed by atoms with E-state index in [1.807, 2.05) is 19.3 Å². The average Bonchev–Trinajstić information content (AvgIpc) is 2.67. The Hall–Kier alpha value is -1.83. The van der Waals surface area contributed by atoms with Gasteiger partial charge in [-0.2, -0.15) is 0 Å². The van der Waals surface area contributed by atoms with Gasteiger partial charge in [-0.05, 0) is 37.3 Å². The summed E-state index contributed by atoms with van der Waals surface area (Å²) in [5.41, 5.74) is 1.73. The number of aliphatic imine (C=N–C) groups is 1. The Labute approximate surface area is 184 Å². The molecule has 1 aromatic carbocycles. The number of rotatable bonds is 8. The van der Waals surface area contributed by atoms with Crippen LogP contribution in [-0.2, 0) is 12.0 Å². The maximum Gasteiger partial charge on any atom is 0.250 e. The molecule has 3 rings (SSSR count). The van der Waals surface area contributed by atoms with E-state index < -0.39 is 0 Å². The van der Waals surface area contributed by atoms with Crippen LogP contribution in [0.3, 0.4) is 0 Å². The lowest BCUT2D eigenvalue weighted by Crippen LogP contribution is -2.49. The van der Waals surface area contributed by atoms with Gasteiger partial charge in [0.15, 0.2) is 5.96 Å². The minimum Gasteiger partial charge on any atom is -0.356 e. The molecule has 0 unspecified atom stereocenters. The number of aryl methyl sites for hydroxylation is 1. The normalized spacial score (nSPS) is 15.2. The summed E-state index contributed by atoms with van der Waals surface area (Å²) in [7, 11) is 1.81. The van der Waals surface area contributed by atoms with Crippen LogP contribution in [0.15, 0.2) is 64.5 Å². The second kappa shape index (κ2) is 11.2. The second-order valence-electron chi connectivity index (χ2n) is 7.29. The molecule has 0 spiro atoms. The van der Waals surface area contributed by atoms with Crippen LogP contribution in [0.1, 0.15) is 37.7 Å². The molecule has 1 aliphatic carbocycles. The largest absolute Gasteiger partial charge is 0.356 e. The molecule has 0 saturated heterocycles. The van der Waals surface area contributed by atoms with E-state index in [-0.39, 0.29) is 35.0 Å². The van der Waals surface area contributed by atoms with Gasteiger partial charge in [-0.1, -0.05) is 42.8 Å². The van der Waals surface area contributed by atoms with Crippen molar-refractivity contribution in [3.05, 3.63) is 70.6 Å². The molecule has 28 heavy (non-hydrogen) atoms. The van der Waals surface area contributed by atoms with Gasteiger partial charge in [-0.25, -0.2) is 0 Å². The molecule has 0 aliphatic heterocycles. The van der Waals surface area contributed by atoms with Crippen molar-refractivity contribution in [3.8, 4) is 0 Å². The van der Waals surface area contributed by atoms with Gasteiger partial charge in [-0.15, -0.1) is 24.0 Å². The second-order valence-corrected chi connectivity index (χ2v) is 7.29.